The lowest BCUT2D eigenvalue weighted by atomic mass is 9.74. The molecular weight excluding hydrogens is 506 g/mol. The maximum Gasteiger partial charge on any atom is 0.0273 e. The van der Waals surface area contributed by atoms with E-state index in [4.69, 9.17) is 0 Å². The van der Waals surface area contributed by atoms with Crippen LogP contribution in [-0.2, 0) is 10.8 Å². The molecule has 0 spiro atoms. The fourth-order valence-electron chi connectivity index (χ4n) is 7.55. The number of allylic oxidation sites excluding steroid dienone is 2. The van der Waals surface area contributed by atoms with E-state index in [-0.39, 0.29) is 10.8 Å². The van der Waals surface area contributed by atoms with Gasteiger partial charge in [-0.2, -0.15) is 0 Å². The number of rotatable bonds is 3. The van der Waals surface area contributed by atoms with Crippen LogP contribution >= 0.6 is 0 Å². The fourth-order valence-corrected chi connectivity index (χ4v) is 7.55. The molecular formula is C41H33N. The van der Waals surface area contributed by atoms with Crippen LogP contribution in [0.5, 0.6) is 0 Å². The van der Waals surface area contributed by atoms with Crippen molar-refractivity contribution >= 4 is 21.9 Å². The van der Waals surface area contributed by atoms with E-state index in [1.165, 1.54) is 77.6 Å². The topological polar surface area (TPSA) is 12.9 Å². The molecule has 42 heavy (non-hydrogen) atoms. The Hall–Kier alpha value is -4.75. The Bertz CT molecular complexity index is 2070. The van der Waals surface area contributed by atoms with Gasteiger partial charge in [-0.05, 0) is 114 Å². The highest BCUT2D eigenvalue weighted by atomic mass is 14.6. The second kappa shape index (κ2) is 8.87. The van der Waals surface area contributed by atoms with Crippen molar-refractivity contribution in [1.29, 1.82) is 0 Å². The molecule has 0 fully saturated rings. The summed E-state index contributed by atoms with van der Waals surface area (Å²) in [7, 11) is 0. The molecule has 0 N–H and O–H groups in total. The van der Waals surface area contributed by atoms with Crippen molar-refractivity contribution in [2.75, 3.05) is 0 Å². The second-order valence-corrected chi connectivity index (χ2v) is 12.9. The van der Waals surface area contributed by atoms with E-state index in [1.54, 1.807) is 0 Å². The minimum absolute atomic E-state index is 0.0805. The lowest BCUT2D eigenvalue weighted by molar-refractivity contribution is 0.694. The van der Waals surface area contributed by atoms with Crippen molar-refractivity contribution < 1.29 is 0 Å². The highest BCUT2D eigenvalue weighted by molar-refractivity contribution is 6.10. The molecule has 5 aromatic carbocycles. The molecule has 0 amide bonds. The van der Waals surface area contributed by atoms with Crippen LogP contribution in [0.4, 0.5) is 0 Å². The first-order chi connectivity index (χ1) is 20.3. The summed E-state index contributed by atoms with van der Waals surface area (Å²) in [6, 6.07) is 42.7. The van der Waals surface area contributed by atoms with Gasteiger partial charge in [-0.15, -0.1) is 0 Å². The lowest BCUT2D eigenvalue weighted by Crippen LogP contribution is -2.19. The molecule has 202 valence electrons. The molecule has 0 aliphatic heterocycles. The Morgan fingerprint density at radius 1 is 0.405 bits per heavy atom. The van der Waals surface area contributed by atoms with Crippen LogP contribution < -0.4 is 0 Å². The highest BCUT2D eigenvalue weighted by Crippen LogP contribution is 2.63. The highest BCUT2D eigenvalue weighted by Gasteiger charge is 2.49. The van der Waals surface area contributed by atoms with E-state index in [9.17, 15) is 0 Å². The van der Waals surface area contributed by atoms with Gasteiger partial charge in [-0.25, -0.2) is 0 Å². The Morgan fingerprint density at radius 3 is 1.52 bits per heavy atom. The summed E-state index contributed by atoms with van der Waals surface area (Å²) in [6.07, 6.45) is 3.72. The Balaban J connectivity index is 1.20. The summed E-state index contributed by atoms with van der Waals surface area (Å²) in [5, 5.41) is 2.57. The number of hydrogen-bond donors (Lipinski definition) is 0. The summed E-state index contributed by atoms with van der Waals surface area (Å²) < 4.78 is 0. The van der Waals surface area contributed by atoms with Gasteiger partial charge in [0, 0.05) is 23.2 Å². The summed E-state index contributed by atoms with van der Waals surface area (Å²) in [4.78, 5) is 4.19. The van der Waals surface area contributed by atoms with Gasteiger partial charge in [0.2, 0.25) is 0 Å². The molecule has 1 aromatic heterocycles. The summed E-state index contributed by atoms with van der Waals surface area (Å²) in [6.45, 7) is 9.65. The van der Waals surface area contributed by atoms with E-state index in [1.807, 2.05) is 12.4 Å². The van der Waals surface area contributed by atoms with E-state index in [2.05, 4.69) is 148 Å². The molecule has 0 bridgehead atoms. The van der Waals surface area contributed by atoms with Crippen LogP contribution in [0.1, 0.15) is 49.9 Å². The molecule has 8 rings (SSSR count). The van der Waals surface area contributed by atoms with Crippen molar-refractivity contribution in [3.63, 3.8) is 0 Å². The molecule has 0 saturated heterocycles. The number of fused-ring (bicyclic) bond motifs is 5. The first-order valence-corrected chi connectivity index (χ1v) is 14.9. The predicted molar refractivity (Wildman–Crippen MR) is 177 cm³/mol. The molecule has 0 unspecified atom stereocenters. The number of aromatic nitrogens is 1. The van der Waals surface area contributed by atoms with Crippen LogP contribution in [0, 0.1) is 0 Å². The third-order valence-electron chi connectivity index (χ3n) is 9.72. The zero-order valence-corrected chi connectivity index (χ0v) is 24.6. The standard InChI is InChI=1S/C41H33N/c1-40(2)36-24-32(30-11-7-10-29(22-30)27-18-20-42-21-19-27)14-16-34(36)38-39(40)35-17-15-33(25-37(35)41(38,3)4)31-13-12-26-8-5-6-9-28(26)23-31/h5-25H,1-4H3. The Labute approximate surface area is 248 Å². The lowest BCUT2D eigenvalue weighted by Gasteiger charge is -2.29. The minimum Gasteiger partial charge on any atom is -0.265 e. The first kappa shape index (κ1) is 25.0. The van der Waals surface area contributed by atoms with Crippen molar-refractivity contribution in [2.24, 2.45) is 0 Å². The fraction of sp³-hybridized carbons (Fsp3) is 0.146. The van der Waals surface area contributed by atoms with Gasteiger partial charge >= 0.3 is 0 Å². The third-order valence-corrected chi connectivity index (χ3v) is 9.72. The molecule has 1 heteroatoms. The van der Waals surface area contributed by atoms with Crippen molar-refractivity contribution in [3.05, 3.63) is 150 Å². The average molecular weight is 540 g/mol. The zero-order valence-electron chi connectivity index (χ0n) is 24.6. The Kier molecular flexibility index (Phi) is 5.28. The van der Waals surface area contributed by atoms with Crippen LogP contribution in [0.25, 0.3) is 55.3 Å². The van der Waals surface area contributed by atoms with Gasteiger partial charge in [0.25, 0.3) is 0 Å². The van der Waals surface area contributed by atoms with E-state index >= 15 is 0 Å². The maximum atomic E-state index is 4.19. The minimum atomic E-state index is -0.0869. The van der Waals surface area contributed by atoms with Gasteiger partial charge in [0.15, 0.2) is 0 Å². The third kappa shape index (κ3) is 3.59. The van der Waals surface area contributed by atoms with Gasteiger partial charge in [0.05, 0.1) is 0 Å². The van der Waals surface area contributed by atoms with Gasteiger partial charge < -0.3 is 0 Å². The maximum absolute atomic E-state index is 4.19. The number of benzene rings is 5. The first-order valence-electron chi connectivity index (χ1n) is 14.9. The molecule has 0 radical (unpaired) electrons. The monoisotopic (exact) mass is 539 g/mol. The quantitative estimate of drug-likeness (QED) is 0.218. The summed E-state index contributed by atoms with van der Waals surface area (Å²) in [5.74, 6) is 0. The normalized spacial score (nSPS) is 15.9. The largest absolute Gasteiger partial charge is 0.265 e. The van der Waals surface area contributed by atoms with E-state index in [0.29, 0.717) is 0 Å². The van der Waals surface area contributed by atoms with Crippen LogP contribution in [0.2, 0.25) is 0 Å². The molecule has 6 aromatic rings. The van der Waals surface area contributed by atoms with Crippen molar-refractivity contribution in [1.82, 2.24) is 4.98 Å². The smallest absolute Gasteiger partial charge is 0.0273 e. The molecule has 2 aliphatic carbocycles. The van der Waals surface area contributed by atoms with Gasteiger partial charge in [-0.1, -0.05) is 107 Å². The van der Waals surface area contributed by atoms with Crippen LogP contribution in [0.15, 0.2) is 128 Å². The van der Waals surface area contributed by atoms with Gasteiger partial charge in [0.1, 0.15) is 0 Å². The molecule has 1 heterocycles. The molecule has 0 saturated carbocycles. The zero-order chi connectivity index (χ0) is 28.6. The average Bonchev–Trinajstić information content (AvgIpc) is 3.42. The number of nitrogens with zero attached hydrogens (tertiary/aromatic N) is 1. The van der Waals surface area contributed by atoms with Crippen LogP contribution in [0.3, 0.4) is 0 Å². The molecule has 1 nitrogen and oxygen atoms in total. The van der Waals surface area contributed by atoms with E-state index in [0.717, 1.165) is 0 Å². The summed E-state index contributed by atoms with van der Waals surface area (Å²) in [5.41, 5.74) is 16.0. The van der Waals surface area contributed by atoms with Crippen molar-refractivity contribution in [2.45, 2.75) is 38.5 Å². The summed E-state index contributed by atoms with van der Waals surface area (Å²) >= 11 is 0. The van der Waals surface area contributed by atoms with Crippen LogP contribution in [-0.4, -0.2) is 4.98 Å². The second-order valence-electron chi connectivity index (χ2n) is 12.9. The SMILES string of the molecule is CC1(C)C2=C(c3ccc(-c4cccc(-c5ccncc5)c4)cc31)C(C)(C)c1cc(-c3ccc4ccccc4c3)ccc12. The van der Waals surface area contributed by atoms with Crippen molar-refractivity contribution in [3.8, 4) is 33.4 Å². The molecule has 2 aliphatic rings. The number of pyridine rings is 1. The van der Waals surface area contributed by atoms with E-state index < -0.39 is 0 Å². The predicted octanol–water partition coefficient (Wildman–Crippen LogP) is 10.7. The van der Waals surface area contributed by atoms with Gasteiger partial charge in [-0.3, -0.25) is 4.98 Å². The number of hydrogen-bond acceptors (Lipinski definition) is 1. The molecule has 0 atom stereocenters. The Morgan fingerprint density at radius 2 is 0.905 bits per heavy atom.